The molecule has 0 radical (unpaired) electrons. The second kappa shape index (κ2) is 6.34. The van der Waals surface area contributed by atoms with E-state index in [2.05, 4.69) is 20.6 Å². The van der Waals surface area contributed by atoms with Crippen LogP contribution in [0.2, 0.25) is 0 Å². The van der Waals surface area contributed by atoms with E-state index < -0.39 is 0 Å². The zero-order valence-corrected chi connectivity index (χ0v) is 12.4. The lowest BCUT2D eigenvalue weighted by Gasteiger charge is -2.11. The Labute approximate surface area is 122 Å². The van der Waals surface area contributed by atoms with Gasteiger partial charge in [0.15, 0.2) is 5.82 Å². The molecule has 0 fully saturated rings. The molecule has 7 nitrogen and oxygen atoms in total. The van der Waals surface area contributed by atoms with Crippen molar-refractivity contribution in [1.82, 2.24) is 25.3 Å². The Morgan fingerprint density at radius 1 is 1.43 bits per heavy atom. The predicted molar refractivity (Wildman–Crippen MR) is 78.6 cm³/mol. The first-order valence-electron chi connectivity index (χ1n) is 7.00. The molecule has 1 atom stereocenters. The van der Waals surface area contributed by atoms with E-state index in [0.29, 0.717) is 17.8 Å². The van der Waals surface area contributed by atoms with Gasteiger partial charge in [-0.05, 0) is 25.8 Å². The van der Waals surface area contributed by atoms with Crippen LogP contribution >= 0.6 is 0 Å². The Balaban J connectivity index is 2.36. The summed E-state index contributed by atoms with van der Waals surface area (Å²) >= 11 is 0. The van der Waals surface area contributed by atoms with Gasteiger partial charge in [-0.1, -0.05) is 13.8 Å². The monoisotopic (exact) mass is 289 g/mol. The minimum Gasteiger partial charge on any atom is -0.349 e. The predicted octanol–water partition coefficient (Wildman–Crippen LogP) is 1.05. The molecular weight excluding hydrogens is 270 g/mol. The average molecular weight is 289 g/mol. The molecule has 0 aliphatic carbocycles. The van der Waals surface area contributed by atoms with E-state index >= 15 is 0 Å². The van der Waals surface area contributed by atoms with E-state index in [9.17, 15) is 9.59 Å². The molecule has 0 aliphatic rings. The van der Waals surface area contributed by atoms with E-state index in [1.165, 1.54) is 12.3 Å². The lowest BCUT2D eigenvalue weighted by Crippen LogP contribution is -2.32. The molecule has 0 saturated carbocycles. The van der Waals surface area contributed by atoms with Crippen molar-refractivity contribution < 1.29 is 4.79 Å². The number of hydrogen-bond donors (Lipinski definition) is 2. The summed E-state index contributed by atoms with van der Waals surface area (Å²) in [7, 11) is 0. The number of aromatic amines is 1. The SMILES string of the molecule is CCc1c(C(=O)NC(C)CC)cnn1-c1ccc(=O)[nH]n1. The highest BCUT2D eigenvalue weighted by atomic mass is 16.1. The van der Waals surface area contributed by atoms with Gasteiger partial charge in [0.1, 0.15) is 0 Å². The fourth-order valence-corrected chi connectivity index (χ4v) is 1.96. The highest BCUT2D eigenvalue weighted by Crippen LogP contribution is 2.13. The Hall–Kier alpha value is -2.44. The largest absolute Gasteiger partial charge is 0.349 e. The Kier molecular flexibility index (Phi) is 4.52. The van der Waals surface area contributed by atoms with Crippen molar-refractivity contribution in [3.05, 3.63) is 39.9 Å². The maximum Gasteiger partial charge on any atom is 0.264 e. The van der Waals surface area contributed by atoms with Crippen LogP contribution < -0.4 is 10.9 Å². The number of nitrogens with zero attached hydrogens (tertiary/aromatic N) is 3. The second-order valence-electron chi connectivity index (χ2n) is 4.83. The quantitative estimate of drug-likeness (QED) is 0.860. The van der Waals surface area contributed by atoms with Gasteiger partial charge in [0.25, 0.3) is 11.5 Å². The van der Waals surface area contributed by atoms with Gasteiger partial charge in [-0.2, -0.15) is 10.2 Å². The van der Waals surface area contributed by atoms with E-state index in [1.807, 2.05) is 20.8 Å². The van der Waals surface area contributed by atoms with Crippen LogP contribution in [0.25, 0.3) is 5.82 Å². The molecule has 2 rings (SSSR count). The normalized spacial score (nSPS) is 12.1. The molecule has 1 unspecified atom stereocenters. The number of aromatic nitrogens is 4. The van der Waals surface area contributed by atoms with E-state index in [4.69, 9.17) is 0 Å². The van der Waals surface area contributed by atoms with E-state index in [0.717, 1.165) is 12.1 Å². The van der Waals surface area contributed by atoms with Gasteiger partial charge >= 0.3 is 0 Å². The molecule has 2 aromatic rings. The molecule has 2 N–H and O–H groups in total. The van der Waals surface area contributed by atoms with Crippen LogP contribution in [0.1, 0.15) is 43.2 Å². The van der Waals surface area contributed by atoms with Crippen LogP contribution in [-0.2, 0) is 6.42 Å². The maximum atomic E-state index is 12.2. The highest BCUT2D eigenvalue weighted by molar-refractivity contribution is 5.95. The molecular formula is C14H19N5O2. The topological polar surface area (TPSA) is 92.7 Å². The van der Waals surface area contributed by atoms with Crippen LogP contribution in [-0.4, -0.2) is 31.9 Å². The summed E-state index contributed by atoms with van der Waals surface area (Å²) in [6.07, 6.45) is 3.02. The molecule has 2 aromatic heterocycles. The fraction of sp³-hybridized carbons (Fsp3) is 0.429. The van der Waals surface area contributed by atoms with Gasteiger partial charge in [0, 0.05) is 12.1 Å². The molecule has 0 aliphatic heterocycles. The Morgan fingerprint density at radius 3 is 2.76 bits per heavy atom. The van der Waals surface area contributed by atoms with Crippen molar-refractivity contribution in [3.63, 3.8) is 0 Å². The minimum absolute atomic E-state index is 0.108. The standard InChI is InChI=1S/C14H19N5O2/c1-4-9(3)16-14(21)10-8-15-19(11(10)5-2)12-6-7-13(20)18-17-12/h6-9H,4-5H2,1-3H3,(H,16,21)(H,18,20). The Bertz CT molecular complexity index is 668. The van der Waals surface area contributed by atoms with Crippen molar-refractivity contribution in [2.45, 2.75) is 39.7 Å². The number of amides is 1. The van der Waals surface area contributed by atoms with Crippen LogP contribution in [0.3, 0.4) is 0 Å². The third kappa shape index (κ3) is 3.18. The summed E-state index contributed by atoms with van der Waals surface area (Å²) in [5.74, 6) is 0.339. The third-order valence-corrected chi connectivity index (χ3v) is 3.32. The van der Waals surface area contributed by atoms with Gasteiger partial charge in [-0.25, -0.2) is 9.78 Å². The van der Waals surface area contributed by atoms with Gasteiger partial charge in [-0.3, -0.25) is 9.59 Å². The summed E-state index contributed by atoms with van der Waals surface area (Å²) in [6, 6.07) is 3.06. The number of nitrogens with one attached hydrogen (secondary N) is 2. The van der Waals surface area contributed by atoms with Crippen molar-refractivity contribution in [3.8, 4) is 5.82 Å². The molecule has 0 spiro atoms. The van der Waals surface area contributed by atoms with Crippen molar-refractivity contribution in [2.24, 2.45) is 0 Å². The van der Waals surface area contributed by atoms with E-state index in [1.54, 1.807) is 10.7 Å². The summed E-state index contributed by atoms with van der Waals surface area (Å²) in [6.45, 7) is 5.91. The summed E-state index contributed by atoms with van der Waals surface area (Å²) in [4.78, 5) is 23.3. The minimum atomic E-state index is -0.279. The first kappa shape index (κ1) is 15.0. The third-order valence-electron chi connectivity index (χ3n) is 3.32. The highest BCUT2D eigenvalue weighted by Gasteiger charge is 2.18. The van der Waals surface area contributed by atoms with Crippen LogP contribution in [0.5, 0.6) is 0 Å². The number of carbonyl (C=O) groups excluding carboxylic acids is 1. The van der Waals surface area contributed by atoms with Crippen LogP contribution in [0, 0.1) is 0 Å². The zero-order valence-electron chi connectivity index (χ0n) is 12.4. The zero-order chi connectivity index (χ0) is 15.4. The molecule has 0 bridgehead atoms. The van der Waals surface area contributed by atoms with Crippen molar-refractivity contribution in [1.29, 1.82) is 0 Å². The molecule has 21 heavy (non-hydrogen) atoms. The van der Waals surface area contributed by atoms with Crippen molar-refractivity contribution in [2.75, 3.05) is 0 Å². The number of carbonyl (C=O) groups is 1. The van der Waals surface area contributed by atoms with Gasteiger partial charge < -0.3 is 5.32 Å². The maximum absolute atomic E-state index is 12.2. The summed E-state index contributed by atoms with van der Waals surface area (Å²) in [5, 5.41) is 13.4. The van der Waals surface area contributed by atoms with Crippen LogP contribution in [0.4, 0.5) is 0 Å². The fourth-order valence-electron chi connectivity index (χ4n) is 1.96. The molecule has 7 heteroatoms. The average Bonchev–Trinajstić information content (AvgIpc) is 2.91. The van der Waals surface area contributed by atoms with E-state index in [-0.39, 0.29) is 17.5 Å². The smallest absolute Gasteiger partial charge is 0.264 e. The summed E-state index contributed by atoms with van der Waals surface area (Å²) in [5.41, 5.74) is 1.01. The Morgan fingerprint density at radius 2 is 2.19 bits per heavy atom. The van der Waals surface area contributed by atoms with Gasteiger partial charge in [0.2, 0.25) is 0 Å². The number of H-pyrrole nitrogens is 1. The van der Waals surface area contributed by atoms with Crippen LogP contribution in [0.15, 0.2) is 23.1 Å². The lowest BCUT2D eigenvalue weighted by molar-refractivity contribution is 0.0938. The molecule has 112 valence electrons. The van der Waals surface area contributed by atoms with Gasteiger partial charge in [0.05, 0.1) is 17.5 Å². The number of rotatable bonds is 5. The first-order valence-corrected chi connectivity index (χ1v) is 7.00. The number of hydrogen-bond acceptors (Lipinski definition) is 4. The molecule has 1 amide bonds. The van der Waals surface area contributed by atoms with Gasteiger partial charge in [-0.15, -0.1) is 0 Å². The lowest BCUT2D eigenvalue weighted by atomic mass is 10.1. The molecule has 0 saturated heterocycles. The molecule has 2 heterocycles. The summed E-state index contributed by atoms with van der Waals surface area (Å²) < 4.78 is 1.57. The van der Waals surface area contributed by atoms with Crippen molar-refractivity contribution >= 4 is 5.91 Å². The first-order chi connectivity index (χ1) is 10.1. The molecule has 0 aromatic carbocycles. The second-order valence-corrected chi connectivity index (χ2v) is 4.83.